The average Bonchev–Trinajstić information content (AvgIpc) is 3.55. The lowest BCUT2D eigenvalue weighted by molar-refractivity contribution is 0.482. The van der Waals surface area contributed by atoms with Gasteiger partial charge < -0.3 is 0 Å². The maximum absolute atomic E-state index is 12.7. The van der Waals surface area contributed by atoms with Crippen molar-refractivity contribution in [1.82, 2.24) is 29.5 Å². The van der Waals surface area contributed by atoms with Crippen LogP contribution in [0.5, 0.6) is 0 Å². The normalized spacial score (nSPS) is 18.0. The van der Waals surface area contributed by atoms with Crippen molar-refractivity contribution in [2.75, 3.05) is 0 Å². The third-order valence-corrected chi connectivity index (χ3v) is 5.80. The third kappa shape index (κ3) is 2.81. The predicted molar refractivity (Wildman–Crippen MR) is 102 cm³/mol. The Morgan fingerprint density at radius 2 is 1.93 bits per heavy atom. The van der Waals surface area contributed by atoms with Crippen molar-refractivity contribution >= 4 is 22.8 Å². The van der Waals surface area contributed by atoms with Gasteiger partial charge in [-0.05, 0) is 45.4 Å². The quantitative estimate of drug-likeness (QED) is 0.686. The first-order valence-electron chi connectivity index (χ1n) is 9.31. The summed E-state index contributed by atoms with van der Waals surface area (Å²) in [6, 6.07) is 0.0271. The van der Waals surface area contributed by atoms with Crippen LogP contribution in [0.4, 0.5) is 0 Å². The molecule has 0 amide bonds. The fourth-order valence-electron chi connectivity index (χ4n) is 3.69. The summed E-state index contributed by atoms with van der Waals surface area (Å²) in [5, 5.41) is -0.0377. The second kappa shape index (κ2) is 6.05. The van der Waals surface area contributed by atoms with Crippen molar-refractivity contribution in [2.24, 2.45) is 5.92 Å². The van der Waals surface area contributed by atoms with Crippen LogP contribution in [0.15, 0.2) is 17.3 Å². The molecule has 0 saturated heterocycles. The molecule has 0 aromatic carbocycles. The highest BCUT2D eigenvalue weighted by Gasteiger charge is 2.33. The molecule has 27 heavy (non-hydrogen) atoms. The highest BCUT2D eigenvalue weighted by molar-refractivity contribution is 6.29. The predicted octanol–water partition coefficient (Wildman–Crippen LogP) is 3.45. The molecule has 138 valence electrons. The van der Waals surface area contributed by atoms with Gasteiger partial charge in [0, 0.05) is 12.0 Å². The highest BCUT2D eigenvalue weighted by atomic mass is 35.5. The minimum Gasteiger partial charge on any atom is -0.286 e. The molecule has 7 nitrogen and oxygen atoms in total. The van der Waals surface area contributed by atoms with Crippen LogP contribution in [0, 0.1) is 12.8 Å². The van der Waals surface area contributed by atoms with Gasteiger partial charge in [0.15, 0.2) is 16.6 Å². The number of aromatic nitrogens is 6. The number of hydrogen-bond donors (Lipinski definition) is 0. The molecule has 1 atom stereocenters. The molecule has 3 heterocycles. The fraction of sp³-hybridized carbons (Fsp3) is 0.474. The van der Waals surface area contributed by atoms with Crippen molar-refractivity contribution in [3.05, 3.63) is 39.4 Å². The number of nitrogens with zero attached hydrogens (tertiary/aromatic N) is 6. The minimum absolute atomic E-state index is 0.0271. The Morgan fingerprint density at radius 3 is 2.63 bits per heavy atom. The molecular formula is C19H19ClN6O. The summed E-state index contributed by atoms with van der Waals surface area (Å²) in [7, 11) is 0. The summed E-state index contributed by atoms with van der Waals surface area (Å²) in [4.78, 5) is 35.0. The molecule has 0 aliphatic heterocycles. The van der Waals surface area contributed by atoms with E-state index in [4.69, 9.17) is 16.6 Å². The Balaban J connectivity index is 1.76. The number of rotatable bonds is 4. The largest absolute Gasteiger partial charge is 0.290 e. The van der Waals surface area contributed by atoms with Crippen molar-refractivity contribution < 1.29 is 0 Å². The maximum atomic E-state index is 12.7. The zero-order valence-corrected chi connectivity index (χ0v) is 15.9. The van der Waals surface area contributed by atoms with E-state index < -0.39 is 0 Å². The van der Waals surface area contributed by atoms with E-state index in [0.717, 1.165) is 42.6 Å². The first kappa shape index (κ1) is 16.7. The zero-order valence-electron chi connectivity index (χ0n) is 15.2. The van der Waals surface area contributed by atoms with E-state index in [1.54, 1.807) is 17.1 Å². The smallest absolute Gasteiger partial charge is 0.286 e. The van der Waals surface area contributed by atoms with Gasteiger partial charge in [-0.2, -0.15) is 0 Å². The summed E-state index contributed by atoms with van der Waals surface area (Å²) in [6.07, 6.45) is 7.71. The number of halogens is 1. The molecule has 0 N–H and O–H groups in total. The van der Waals surface area contributed by atoms with E-state index >= 15 is 0 Å². The van der Waals surface area contributed by atoms with Gasteiger partial charge in [-0.1, -0.05) is 11.6 Å². The number of hydrogen-bond acceptors (Lipinski definition) is 6. The van der Waals surface area contributed by atoms with Crippen LogP contribution in [-0.4, -0.2) is 29.5 Å². The van der Waals surface area contributed by atoms with E-state index in [1.807, 2.05) is 13.8 Å². The van der Waals surface area contributed by atoms with E-state index in [1.165, 1.54) is 0 Å². The molecule has 2 aliphatic carbocycles. The molecule has 5 rings (SSSR count). The molecule has 2 fully saturated rings. The fourth-order valence-corrected chi connectivity index (χ4v) is 3.88. The van der Waals surface area contributed by atoms with Gasteiger partial charge in [0.25, 0.3) is 5.56 Å². The van der Waals surface area contributed by atoms with Crippen molar-refractivity contribution in [1.29, 1.82) is 0 Å². The summed E-state index contributed by atoms with van der Waals surface area (Å²) in [6.45, 7) is 3.99. The molecular weight excluding hydrogens is 364 g/mol. The van der Waals surface area contributed by atoms with Gasteiger partial charge >= 0.3 is 0 Å². The van der Waals surface area contributed by atoms with Gasteiger partial charge in [0.1, 0.15) is 11.8 Å². The van der Waals surface area contributed by atoms with Gasteiger partial charge in [-0.3, -0.25) is 9.36 Å². The topological polar surface area (TPSA) is 86.5 Å². The van der Waals surface area contributed by atoms with Crippen LogP contribution >= 0.6 is 11.6 Å². The summed E-state index contributed by atoms with van der Waals surface area (Å²) >= 11 is 6.10. The maximum Gasteiger partial charge on any atom is 0.290 e. The Bertz CT molecular complexity index is 1120. The Morgan fingerprint density at radius 1 is 1.15 bits per heavy atom. The minimum atomic E-state index is -0.295. The Labute approximate surface area is 160 Å². The Hall–Kier alpha value is -2.41. The monoisotopic (exact) mass is 382 g/mol. The van der Waals surface area contributed by atoms with E-state index in [-0.39, 0.29) is 16.8 Å². The lowest BCUT2D eigenvalue weighted by Gasteiger charge is -2.17. The molecule has 3 aromatic heterocycles. The summed E-state index contributed by atoms with van der Waals surface area (Å²) < 4.78 is 1.68. The lowest BCUT2D eigenvalue weighted by Crippen LogP contribution is -2.27. The van der Waals surface area contributed by atoms with Crippen molar-refractivity contribution in [2.45, 2.75) is 51.5 Å². The van der Waals surface area contributed by atoms with Crippen LogP contribution in [0.25, 0.3) is 22.6 Å². The second-order valence-electron chi connectivity index (χ2n) is 7.55. The van der Waals surface area contributed by atoms with Crippen LogP contribution in [0.1, 0.15) is 56.0 Å². The standard InChI is InChI=1S/C19H19ClN6O/c1-9-14(15(12-5-6-12)23-8-22-9)17-21-7-13-18(25-17)26(10(2)11-3-4-11)19(27)16(20)24-13/h7-8,10-12H,3-6H2,1-2H3. The first-order chi connectivity index (χ1) is 13.0. The molecule has 2 saturated carbocycles. The highest BCUT2D eigenvalue weighted by Crippen LogP contribution is 2.43. The molecule has 2 aliphatic rings. The van der Waals surface area contributed by atoms with Gasteiger partial charge in [0.2, 0.25) is 0 Å². The second-order valence-corrected chi connectivity index (χ2v) is 7.91. The summed E-state index contributed by atoms with van der Waals surface area (Å²) in [5.41, 5.74) is 3.47. The van der Waals surface area contributed by atoms with E-state index in [0.29, 0.717) is 28.8 Å². The average molecular weight is 383 g/mol. The van der Waals surface area contributed by atoms with Crippen molar-refractivity contribution in [3.8, 4) is 11.4 Å². The number of aryl methyl sites for hydroxylation is 1. The van der Waals surface area contributed by atoms with E-state index in [2.05, 4.69) is 19.9 Å². The van der Waals surface area contributed by atoms with Crippen LogP contribution in [-0.2, 0) is 0 Å². The third-order valence-electron chi connectivity index (χ3n) is 5.56. The lowest BCUT2D eigenvalue weighted by atomic mass is 10.1. The first-order valence-corrected chi connectivity index (χ1v) is 9.69. The van der Waals surface area contributed by atoms with Crippen LogP contribution < -0.4 is 5.56 Å². The van der Waals surface area contributed by atoms with Crippen molar-refractivity contribution in [3.63, 3.8) is 0 Å². The molecule has 8 heteroatoms. The molecule has 1 unspecified atom stereocenters. The Kier molecular flexibility index (Phi) is 3.75. The van der Waals surface area contributed by atoms with Gasteiger partial charge in [0.05, 0.1) is 23.1 Å². The zero-order chi connectivity index (χ0) is 18.7. The van der Waals surface area contributed by atoms with E-state index in [9.17, 15) is 4.79 Å². The van der Waals surface area contributed by atoms with Gasteiger partial charge in [-0.25, -0.2) is 24.9 Å². The molecule has 0 spiro atoms. The summed E-state index contributed by atoms with van der Waals surface area (Å²) in [5.74, 6) is 1.46. The van der Waals surface area contributed by atoms with Gasteiger partial charge in [-0.15, -0.1) is 0 Å². The molecule has 3 aromatic rings. The SMILES string of the molecule is Cc1ncnc(C2CC2)c1-c1ncc2nc(Cl)c(=O)n(C(C)C3CC3)c2n1. The van der Waals surface area contributed by atoms with Crippen LogP contribution in [0.2, 0.25) is 5.15 Å². The molecule has 0 bridgehead atoms. The number of fused-ring (bicyclic) bond motifs is 1. The molecule has 0 radical (unpaired) electrons. The van der Waals surface area contributed by atoms with Crippen LogP contribution in [0.3, 0.4) is 0 Å².